The Labute approximate surface area is 152 Å². The number of carbonyl (C=O) groups is 1. The van der Waals surface area contributed by atoms with Crippen LogP contribution in [0.1, 0.15) is 36.9 Å². The zero-order valence-corrected chi connectivity index (χ0v) is 14.7. The Kier molecular flexibility index (Phi) is 4.98. The van der Waals surface area contributed by atoms with Gasteiger partial charge in [0.25, 0.3) is 0 Å². The molecular formula is C21H22FNO3. The lowest BCUT2D eigenvalue weighted by atomic mass is 9.85. The summed E-state index contributed by atoms with van der Waals surface area (Å²) < 4.78 is 19.1. The van der Waals surface area contributed by atoms with Crippen molar-refractivity contribution in [2.24, 2.45) is 0 Å². The molecule has 4 nitrogen and oxygen atoms in total. The minimum Gasteiger partial charge on any atom is -0.508 e. The van der Waals surface area contributed by atoms with Gasteiger partial charge in [0.15, 0.2) is 0 Å². The standard InChI is InChI=1S/C21H22FNO3/c1-3-12-21(17-6-8-18(22)9-7-17)13-14-23(20(25)26-21)15(2)16-4-10-19(24)11-5-16/h3-11,15,24H,1,12-14H2,2H3. The lowest BCUT2D eigenvalue weighted by Crippen LogP contribution is -2.48. The fourth-order valence-electron chi connectivity index (χ4n) is 3.41. The first-order chi connectivity index (χ1) is 12.4. The van der Waals surface area contributed by atoms with Crippen molar-refractivity contribution in [3.8, 4) is 5.75 Å². The van der Waals surface area contributed by atoms with E-state index in [2.05, 4.69) is 6.58 Å². The summed E-state index contributed by atoms with van der Waals surface area (Å²) in [5.74, 6) is -0.143. The van der Waals surface area contributed by atoms with Crippen LogP contribution in [0.25, 0.3) is 0 Å². The van der Waals surface area contributed by atoms with Crippen LogP contribution in [0.3, 0.4) is 0 Å². The number of amides is 1. The minimum atomic E-state index is -0.822. The molecule has 1 aliphatic rings. The van der Waals surface area contributed by atoms with E-state index in [1.54, 1.807) is 47.4 Å². The Morgan fingerprint density at radius 1 is 1.27 bits per heavy atom. The summed E-state index contributed by atoms with van der Waals surface area (Å²) >= 11 is 0. The molecule has 1 heterocycles. The second-order valence-corrected chi connectivity index (χ2v) is 6.57. The van der Waals surface area contributed by atoms with Gasteiger partial charge in [0.2, 0.25) is 0 Å². The van der Waals surface area contributed by atoms with E-state index in [1.807, 2.05) is 6.92 Å². The lowest BCUT2D eigenvalue weighted by Gasteiger charge is -2.43. The number of aromatic hydroxyl groups is 1. The number of hydrogen-bond donors (Lipinski definition) is 1. The first-order valence-electron chi connectivity index (χ1n) is 8.61. The maximum Gasteiger partial charge on any atom is 0.411 e. The van der Waals surface area contributed by atoms with Gasteiger partial charge in [-0.25, -0.2) is 9.18 Å². The summed E-state index contributed by atoms with van der Waals surface area (Å²) in [6.07, 6.45) is 2.35. The molecule has 0 saturated carbocycles. The molecule has 0 bridgehead atoms. The summed E-state index contributed by atoms with van der Waals surface area (Å²) in [7, 11) is 0. The Bertz CT molecular complexity index is 788. The van der Waals surface area contributed by atoms with E-state index < -0.39 is 11.7 Å². The monoisotopic (exact) mass is 355 g/mol. The van der Waals surface area contributed by atoms with Gasteiger partial charge in [-0.15, -0.1) is 6.58 Å². The molecule has 2 unspecified atom stereocenters. The number of benzene rings is 2. The molecule has 2 aromatic rings. The van der Waals surface area contributed by atoms with Crippen molar-refractivity contribution in [3.05, 3.63) is 78.1 Å². The van der Waals surface area contributed by atoms with Gasteiger partial charge >= 0.3 is 6.09 Å². The fraction of sp³-hybridized carbons (Fsp3) is 0.286. The van der Waals surface area contributed by atoms with E-state index >= 15 is 0 Å². The molecule has 1 saturated heterocycles. The second-order valence-electron chi connectivity index (χ2n) is 6.57. The molecule has 3 rings (SSSR count). The number of rotatable bonds is 5. The molecule has 136 valence electrons. The van der Waals surface area contributed by atoms with Gasteiger partial charge in [0, 0.05) is 19.4 Å². The predicted molar refractivity (Wildman–Crippen MR) is 97.2 cm³/mol. The van der Waals surface area contributed by atoms with Crippen molar-refractivity contribution in [1.82, 2.24) is 4.90 Å². The largest absolute Gasteiger partial charge is 0.508 e. The summed E-state index contributed by atoms with van der Waals surface area (Å²) in [6, 6.07) is 12.7. The first kappa shape index (κ1) is 18.0. The zero-order valence-electron chi connectivity index (χ0n) is 14.7. The Morgan fingerprint density at radius 2 is 1.92 bits per heavy atom. The third kappa shape index (κ3) is 3.43. The number of hydrogen-bond acceptors (Lipinski definition) is 3. The Morgan fingerprint density at radius 3 is 2.50 bits per heavy atom. The lowest BCUT2D eigenvalue weighted by molar-refractivity contribution is -0.0588. The van der Waals surface area contributed by atoms with Gasteiger partial charge in [0.1, 0.15) is 17.2 Å². The highest BCUT2D eigenvalue weighted by molar-refractivity contribution is 5.70. The molecule has 2 atom stereocenters. The number of cyclic esters (lactones) is 1. The van der Waals surface area contributed by atoms with Crippen LogP contribution in [0.15, 0.2) is 61.2 Å². The molecule has 0 spiro atoms. The Balaban J connectivity index is 1.83. The normalized spacial score (nSPS) is 21.2. The summed E-state index contributed by atoms with van der Waals surface area (Å²) in [5.41, 5.74) is 0.861. The molecule has 0 radical (unpaired) electrons. The summed E-state index contributed by atoms with van der Waals surface area (Å²) in [5, 5.41) is 9.43. The van der Waals surface area contributed by atoms with Crippen LogP contribution >= 0.6 is 0 Å². The van der Waals surface area contributed by atoms with Gasteiger partial charge in [-0.3, -0.25) is 0 Å². The highest BCUT2D eigenvalue weighted by Crippen LogP contribution is 2.39. The van der Waals surface area contributed by atoms with E-state index in [9.17, 15) is 14.3 Å². The van der Waals surface area contributed by atoms with Crippen LogP contribution in [0, 0.1) is 5.82 Å². The average Bonchev–Trinajstić information content (AvgIpc) is 2.63. The number of ether oxygens (including phenoxy) is 1. The third-order valence-corrected chi connectivity index (χ3v) is 4.96. The quantitative estimate of drug-likeness (QED) is 0.776. The van der Waals surface area contributed by atoms with Gasteiger partial charge in [-0.1, -0.05) is 30.3 Å². The molecule has 2 aromatic carbocycles. The number of nitrogens with zero attached hydrogens (tertiary/aromatic N) is 1. The average molecular weight is 355 g/mol. The first-order valence-corrected chi connectivity index (χ1v) is 8.61. The van der Waals surface area contributed by atoms with Crippen LogP contribution in [0.5, 0.6) is 5.75 Å². The van der Waals surface area contributed by atoms with Gasteiger partial charge in [-0.2, -0.15) is 0 Å². The highest BCUT2D eigenvalue weighted by atomic mass is 19.1. The van der Waals surface area contributed by atoms with Crippen molar-refractivity contribution in [2.75, 3.05) is 6.54 Å². The second kappa shape index (κ2) is 7.20. The number of carbonyl (C=O) groups excluding carboxylic acids is 1. The van der Waals surface area contributed by atoms with E-state index in [0.717, 1.165) is 11.1 Å². The topological polar surface area (TPSA) is 49.8 Å². The van der Waals surface area contributed by atoms with Gasteiger partial charge in [-0.05, 0) is 42.3 Å². The maximum atomic E-state index is 13.3. The molecular weight excluding hydrogens is 333 g/mol. The highest BCUT2D eigenvalue weighted by Gasteiger charge is 2.42. The van der Waals surface area contributed by atoms with Crippen LogP contribution < -0.4 is 0 Å². The Hall–Kier alpha value is -2.82. The van der Waals surface area contributed by atoms with Gasteiger partial charge in [0.05, 0.1) is 6.04 Å². The smallest absolute Gasteiger partial charge is 0.411 e. The van der Waals surface area contributed by atoms with E-state index in [0.29, 0.717) is 19.4 Å². The van der Waals surface area contributed by atoms with E-state index in [1.165, 1.54) is 12.1 Å². The minimum absolute atomic E-state index is 0.182. The molecule has 1 aliphatic heterocycles. The van der Waals surface area contributed by atoms with Gasteiger partial charge < -0.3 is 14.7 Å². The van der Waals surface area contributed by atoms with E-state index in [4.69, 9.17) is 4.74 Å². The zero-order chi connectivity index (χ0) is 18.7. The van der Waals surface area contributed by atoms with Crippen LogP contribution in [-0.4, -0.2) is 22.6 Å². The fourth-order valence-corrected chi connectivity index (χ4v) is 3.41. The van der Waals surface area contributed by atoms with E-state index in [-0.39, 0.29) is 17.6 Å². The SMILES string of the molecule is C=CCC1(c2ccc(F)cc2)CCN(C(C)c2ccc(O)cc2)C(=O)O1. The number of halogens is 1. The molecule has 0 aliphatic carbocycles. The van der Waals surface area contributed by atoms with Crippen molar-refractivity contribution in [1.29, 1.82) is 0 Å². The summed E-state index contributed by atoms with van der Waals surface area (Å²) in [6.45, 7) is 6.20. The van der Waals surface area contributed by atoms with Crippen molar-refractivity contribution >= 4 is 6.09 Å². The molecule has 0 aromatic heterocycles. The molecule has 1 amide bonds. The van der Waals surface area contributed by atoms with Crippen LogP contribution in [0.4, 0.5) is 9.18 Å². The number of phenolic OH excluding ortho intramolecular Hbond substituents is 1. The van der Waals surface area contributed by atoms with Crippen LogP contribution in [0.2, 0.25) is 0 Å². The third-order valence-electron chi connectivity index (χ3n) is 4.96. The summed E-state index contributed by atoms with van der Waals surface area (Å²) in [4.78, 5) is 14.4. The predicted octanol–water partition coefficient (Wildman–Crippen LogP) is 4.91. The maximum absolute atomic E-state index is 13.3. The molecule has 5 heteroatoms. The van der Waals surface area contributed by atoms with Crippen molar-refractivity contribution < 1.29 is 19.0 Å². The molecule has 1 N–H and O–H groups in total. The number of phenols is 1. The van der Waals surface area contributed by atoms with Crippen molar-refractivity contribution in [2.45, 2.75) is 31.4 Å². The van der Waals surface area contributed by atoms with Crippen molar-refractivity contribution in [3.63, 3.8) is 0 Å². The molecule has 1 fully saturated rings. The molecule has 26 heavy (non-hydrogen) atoms. The van der Waals surface area contributed by atoms with Crippen LogP contribution in [-0.2, 0) is 10.3 Å².